The molecule has 448 valence electrons. The van der Waals surface area contributed by atoms with Gasteiger partial charge in [0.2, 0.25) is 5.13 Å². The van der Waals surface area contributed by atoms with Crippen LogP contribution in [0.2, 0.25) is 0 Å². The second kappa shape index (κ2) is 34.6. The van der Waals surface area contributed by atoms with Gasteiger partial charge in [-0.1, -0.05) is 50.7 Å². The van der Waals surface area contributed by atoms with Crippen molar-refractivity contribution in [3.05, 3.63) is 116 Å². The van der Waals surface area contributed by atoms with Crippen molar-refractivity contribution in [1.29, 1.82) is 0 Å². The largest absolute Gasteiger partial charge is 0.494 e. The van der Waals surface area contributed by atoms with Gasteiger partial charge in [0.25, 0.3) is 0 Å². The summed E-state index contributed by atoms with van der Waals surface area (Å²) >= 11 is 1.43. The highest BCUT2D eigenvalue weighted by molar-refractivity contribution is 7.21. The summed E-state index contributed by atoms with van der Waals surface area (Å²) in [6.45, 7) is 11.3. The molecule has 19 heteroatoms. The number of pyridine rings is 1. The van der Waals surface area contributed by atoms with Crippen LogP contribution in [0.1, 0.15) is 141 Å². The van der Waals surface area contributed by atoms with Gasteiger partial charge in [0.15, 0.2) is 0 Å². The van der Waals surface area contributed by atoms with E-state index in [0.29, 0.717) is 118 Å². The van der Waals surface area contributed by atoms with Gasteiger partial charge < -0.3 is 37.9 Å². The number of nitrogens with zero attached hydrogens (tertiary/aromatic N) is 4. The predicted octanol–water partition coefficient (Wildman–Crippen LogP) is 13.1. The summed E-state index contributed by atoms with van der Waals surface area (Å²) in [6.07, 6.45) is 20.1. The number of rotatable bonds is 34. The van der Waals surface area contributed by atoms with Gasteiger partial charge in [-0.25, -0.2) is 24.6 Å². The first-order valence-corrected chi connectivity index (χ1v) is 30.4. The maximum Gasteiger partial charge on any atom is 0.330 e. The highest BCUT2D eigenvalue weighted by atomic mass is 32.1. The van der Waals surface area contributed by atoms with Crippen molar-refractivity contribution < 1.29 is 66.7 Å². The second-order valence-electron chi connectivity index (χ2n) is 20.9. The van der Waals surface area contributed by atoms with E-state index in [1.807, 2.05) is 17.1 Å². The van der Waals surface area contributed by atoms with E-state index in [1.165, 1.54) is 11.3 Å². The smallest absolute Gasteiger partial charge is 0.330 e. The van der Waals surface area contributed by atoms with Crippen molar-refractivity contribution in [2.75, 3.05) is 38.0 Å². The highest BCUT2D eigenvalue weighted by Gasteiger charge is 2.34. The molecule has 0 radical (unpaired) electrons. The second-order valence-corrected chi connectivity index (χ2v) is 21.9. The van der Waals surface area contributed by atoms with Gasteiger partial charge in [0, 0.05) is 30.5 Å². The molecule has 0 N–H and O–H groups in total. The molecule has 18 nitrogen and oxygen atoms in total. The van der Waals surface area contributed by atoms with Gasteiger partial charge in [-0.05, 0) is 188 Å². The quantitative estimate of drug-likeness (QED) is 0.00934. The molecule has 2 heterocycles. The number of hydrogen-bond donors (Lipinski definition) is 0. The first-order chi connectivity index (χ1) is 41.0. The Morgan fingerprint density at radius 2 is 0.988 bits per heavy atom. The zero-order valence-electron chi connectivity index (χ0n) is 48.1. The molecule has 2 aliphatic rings. The lowest BCUT2D eigenvalue weighted by molar-refractivity contribution is -0.145. The van der Waals surface area contributed by atoms with Gasteiger partial charge in [-0.15, -0.1) is 0 Å². The summed E-state index contributed by atoms with van der Waals surface area (Å²) in [4.78, 5) is 86.7. The lowest BCUT2D eigenvalue weighted by atomic mass is 9.82. The first-order valence-electron chi connectivity index (χ1n) is 29.6. The van der Waals surface area contributed by atoms with Gasteiger partial charge in [-0.2, -0.15) is 5.10 Å². The summed E-state index contributed by atoms with van der Waals surface area (Å²) in [5, 5.41) is 7.38. The third kappa shape index (κ3) is 21.0. The average molecular weight is 1170 g/mol. The number of esters is 6. The van der Waals surface area contributed by atoms with E-state index in [4.69, 9.17) is 48.0 Å². The summed E-state index contributed by atoms with van der Waals surface area (Å²) in [5.74, 6) is -1.48. The Morgan fingerprint density at radius 1 is 0.548 bits per heavy atom. The van der Waals surface area contributed by atoms with E-state index in [0.717, 1.165) is 99.5 Å². The van der Waals surface area contributed by atoms with E-state index in [2.05, 4.69) is 25.1 Å². The molecule has 5 aromatic rings. The Hall–Kier alpha value is -7.93. The van der Waals surface area contributed by atoms with Crippen molar-refractivity contribution in [3.8, 4) is 34.5 Å². The van der Waals surface area contributed by atoms with Crippen LogP contribution in [-0.4, -0.2) is 85.0 Å². The van der Waals surface area contributed by atoms with Crippen LogP contribution >= 0.6 is 11.3 Å². The number of aromatic nitrogens is 2. The van der Waals surface area contributed by atoms with Gasteiger partial charge in [-0.3, -0.25) is 19.2 Å². The van der Waals surface area contributed by atoms with Crippen LogP contribution < -0.4 is 33.4 Å². The van der Waals surface area contributed by atoms with Gasteiger partial charge in [0.05, 0.1) is 56.3 Å². The summed E-state index contributed by atoms with van der Waals surface area (Å²) < 4.78 is 45.3. The third-order valence-electron chi connectivity index (χ3n) is 14.7. The maximum atomic E-state index is 13.9. The Bertz CT molecular complexity index is 2930. The first kappa shape index (κ1) is 63.6. The summed E-state index contributed by atoms with van der Waals surface area (Å²) in [6, 6.07) is 22.4. The molecule has 2 aromatic heterocycles. The van der Waals surface area contributed by atoms with E-state index < -0.39 is 35.7 Å². The number of benzene rings is 3. The van der Waals surface area contributed by atoms with Crippen LogP contribution in [0.3, 0.4) is 0 Å². The van der Waals surface area contributed by atoms with Crippen molar-refractivity contribution in [3.63, 3.8) is 0 Å². The average Bonchev–Trinajstić information content (AvgIpc) is 4.13. The fourth-order valence-corrected chi connectivity index (χ4v) is 10.7. The SMILES string of the molecule is C=CC(=O)OCCCCCCOc1ccc(OC(=O)C2CCC(C(=O)Oc3ccc(OC(=O)C4CCC(C(=O)Oc5ccc(OCCCCCCOC(=O)C=C)cc5)CC4)c(C=NN(CCCCCC)c4nc5cccnc5s4)c3)CC2)cc1. The molecule has 0 bridgehead atoms. The topological polar surface area (TPSA) is 218 Å². The van der Waals surface area contributed by atoms with E-state index in [1.54, 1.807) is 79.1 Å². The molecule has 0 atom stereocenters. The lowest BCUT2D eigenvalue weighted by Crippen LogP contribution is -2.30. The molecule has 2 fully saturated rings. The molecule has 0 unspecified atom stereocenters. The monoisotopic (exact) mass is 1170 g/mol. The van der Waals surface area contributed by atoms with Crippen LogP contribution in [0.5, 0.6) is 34.5 Å². The van der Waals surface area contributed by atoms with Crippen molar-refractivity contribution >= 4 is 68.8 Å². The van der Waals surface area contributed by atoms with E-state index in [-0.39, 0.29) is 35.3 Å². The van der Waals surface area contributed by atoms with Gasteiger partial charge in [0.1, 0.15) is 44.8 Å². The lowest BCUT2D eigenvalue weighted by Gasteiger charge is -2.26. The van der Waals surface area contributed by atoms with Crippen LogP contribution in [0.25, 0.3) is 10.3 Å². The van der Waals surface area contributed by atoms with Gasteiger partial charge >= 0.3 is 35.8 Å². The minimum Gasteiger partial charge on any atom is -0.494 e. The Morgan fingerprint density at radius 3 is 1.46 bits per heavy atom. The van der Waals surface area contributed by atoms with Crippen LogP contribution in [-0.2, 0) is 38.2 Å². The normalized spacial score (nSPS) is 16.7. The van der Waals surface area contributed by atoms with E-state index >= 15 is 0 Å². The Labute approximate surface area is 495 Å². The predicted molar refractivity (Wildman–Crippen MR) is 319 cm³/mol. The number of carbonyl (C=O) groups is 6. The molecule has 7 rings (SSSR count). The van der Waals surface area contributed by atoms with Crippen molar-refractivity contribution in [1.82, 2.24) is 9.97 Å². The fourth-order valence-electron chi connectivity index (χ4n) is 9.76. The Balaban J connectivity index is 0.911. The van der Waals surface area contributed by atoms with E-state index in [9.17, 15) is 28.8 Å². The number of unbranched alkanes of at least 4 members (excludes halogenated alkanes) is 9. The van der Waals surface area contributed by atoms with Crippen molar-refractivity contribution in [2.24, 2.45) is 28.8 Å². The number of hydrogen-bond acceptors (Lipinski definition) is 19. The summed E-state index contributed by atoms with van der Waals surface area (Å²) in [7, 11) is 0. The fraction of sp³-hybridized carbons (Fsp3) is 0.462. The number of carbonyl (C=O) groups excluding carboxylic acids is 6. The van der Waals surface area contributed by atoms with Crippen LogP contribution in [0.15, 0.2) is 115 Å². The molecule has 0 saturated heterocycles. The number of ether oxygens (including phenoxy) is 8. The molecule has 0 amide bonds. The number of thiazole rings is 1. The molecule has 0 aliphatic heterocycles. The van der Waals surface area contributed by atoms with Crippen molar-refractivity contribution in [2.45, 2.75) is 135 Å². The number of hydrazone groups is 1. The molecule has 3 aromatic carbocycles. The molecule has 84 heavy (non-hydrogen) atoms. The van der Waals surface area contributed by atoms with Crippen LogP contribution in [0.4, 0.5) is 5.13 Å². The summed E-state index contributed by atoms with van der Waals surface area (Å²) in [5.41, 5.74) is 1.16. The van der Waals surface area contributed by atoms with Crippen LogP contribution in [0, 0.1) is 23.7 Å². The minimum absolute atomic E-state index is 0.230. The third-order valence-corrected chi connectivity index (χ3v) is 15.6. The zero-order chi connectivity index (χ0) is 59.3. The Kier molecular flexibility index (Phi) is 26.2. The molecular weight excluding hydrogens is 1090 g/mol. The molecular formula is C65H78N4O14S. The molecule has 2 aliphatic carbocycles. The molecule has 2 saturated carbocycles. The number of anilines is 1. The number of fused-ring (bicyclic) bond motifs is 1. The zero-order valence-corrected chi connectivity index (χ0v) is 48.9. The standard InChI is InChI=1S/C65H78N4O14S/c1-4-7-8-13-39-69(65-68-56-19-18-38-66-60(56)84-65)67-45-50-44-55(82-63(74)48-22-20-46(21-23-48)61(72)80-53-32-28-51(29-33-53)76-40-14-9-11-16-42-78-58(70)5-2)36-37-57(50)83-64(75)49-26-24-47(25-27-49)62(73)81-54-34-30-52(31-35-54)77-41-15-10-12-17-43-79-59(71)6-3/h5-6,18-19,28-38,44-49H,2-4,7-17,20-27,39-43H2,1H3. The molecule has 0 spiro atoms. The highest BCUT2D eigenvalue weighted by Crippen LogP contribution is 2.36. The maximum absolute atomic E-state index is 13.9. The minimum atomic E-state index is -0.470.